The van der Waals surface area contributed by atoms with Gasteiger partial charge < -0.3 is 9.22 Å². The topological polar surface area (TPSA) is 29.5 Å². The van der Waals surface area contributed by atoms with Crippen molar-refractivity contribution >= 4 is 16.6 Å². The van der Waals surface area contributed by atoms with E-state index in [0.29, 0.717) is 0 Å². The molecule has 0 unspecified atom stereocenters. The quantitative estimate of drug-likeness (QED) is 0.776. The Kier molecular flexibility index (Phi) is 4.66. The maximum Gasteiger partial charge on any atom is 0.181 e. The maximum absolute atomic E-state index is 9.50. The number of hydrogen-bond acceptors (Lipinski definition) is 2. The molecule has 0 saturated heterocycles. The first-order valence-corrected chi connectivity index (χ1v) is 11.9. The Morgan fingerprint density at radius 2 is 1.25 bits per heavy atom. The lowest BCUT2D eigenvalue weighted by atomic mass is 10.2. The van der Waals surface area contributed by atoms with Gasteiger partial charge in [0.25, 0.3) is 0 Å². The second-order valence-electron chi connectivity index (χ2n) is 7.41. The molecular formula is C12H30O2Si2. The molecule has 0 aromatic heterocycles. The van der Waals surface area contributed by atoms with Crippen molar-refractivity contribution < 1.29 is 9.22 Å². The molecule has 0 saturated carbocycles. The zero-order chi connectivity index (χ0) is 13.4. The molecule has 0 atom stereocenters. The van der Waals surface area contributed by atoms with E-state index in [1.807, 2.05) is 0 Å². The molecule has 16 heavy (non-hydrogen) atoms. The zero-order valence-electron chi connectivity index (χ0n) is 12.6. The summed E-state index contributed by atoms with van der Waals surface area (Å²) in [5, 5.41) is 9.66. The highest BCUT2D eigenvalue weighted by Gasteiger charge is 2.48. The molecule has 0 bridgehead atoms. The van der Waals surface area contributed by atoms with Crippen LogP contribution < -0.4 is 0 Å². The van der Waals surface area contributed by atoms with Gasteiger partial charge in [0.05, 0.1) is 0 Å². The molecular weight excluding hydrogens is 232 g/mol. The van der Waals surface area contributed by atoms with Crippen LogP contribution in [-0.2, 0) is 4.12 Å². The standard InChI is InChI=1S/C12H30O2Si2/c1-11(2,3)15(6,7)14-16(8,9)12(4,5)10-13/h13H,10H2,1-9H3. The minimum Gasteiger partial charge on any atom is -0.455 e. The van der Waals surface area contributed by atoms with E-state index in [1.165, 1.54) is 0 Å². The summed E-state index contributed by atoms with van der Waals surface area (Å²) in [6.07, 6.45) is 0. The van der Waals surface area contributed by atoms with E-state index in [-0.39, 0.29) is 16.7 Å². The average Bonchev–Trinajstić information content (AvgIpc) is 1.99. The fourth-order valence-corrected chi connectivity index (χ4v) is 8.93. The molecule has 0 rings (SSSR count). The first-order chi connectivity index (χ1) is 6.77. The summed E-state index contributed by atoms with van der Waals surface area (Å²) in [5.74, 6) is 0. The normalized spacial score (nSPS) is 15.4. The van der Waals surface area contributed by atoms with E-state index in [9.17, 15) is 5.11 Å². The molecule has 4 heteroatoms. The van der Waals surface area contributed by atoms with Crippen molar-refractivity contribution in [2.45, 2.75) is 70.9 Å². The van der Waals surface area contributed by atoms with Crippen LogP contribution in [0.1, 0.15) is 34.6 Å². The molecule has 0 aromatic carbocycles. The molecule has 0 fully saturated rings. The average molecular weight is 263 g/mol. The molecule has 0 heterocycles. The lowest BCUT2D eigenvalue weighted by Gasteiger charge is -2.47. The second kappa shape index (κ2) is 4.55. The van der Waals surface area contributed by atoms with Crippen LogP contribution in [-0.4, -0.2) is 28.3 Å². The van der Waals surface area contributed by atoms with Crippen LogP contribution in [0.25, 0.3) is 0 Å². The van der Waals surface area contributed by atoms with Crippen molar-refractivity contribution in [3.8, 4) is 0 Å². The van der Waals surface area contributed by atoms with Crippen molar-refractivity contribution in [3.63, 3.8) is 0 Å². The van der Waals surface area contributed by atoms with Gasteiger partial charge in [0.2, 0.25) is 0 Å². The maximum atomic E-state index is 9.50. The van der Waals surface area contributed by atoms with E-state index in [4.69, 9.17) is 4.12 Å². The summed E-state index contributed by atoms with van der Waals surface area (Å²) in [7, 11) is -3.58. The van der Waals surface area contributed by atoms with Gasteiger partial charge in [0.15, 0.2) is 16.6 Å². The summed E-state index contributed by atoms with van der Waals surface area (Å²) in [4.78, 5) is 0. The number of rotatable bonds is 4. The second-order valence-corrected chi connectivity index (χ2v) is 17.1. The van der Waals surface area contributed by atoms with E-state index in [1.54, 1.807) is 0 Å². The van der Waals surface area contributed by atoms with Crippen LogP contribution in [0.2, 0.25) is 36.3 Å². The van der Waals surface area contributed by atoms with Gasteiger partial charge in [-0.1, -0.05) is 34.6 Å². The largest absolute Gasteiger partial charge is 0.455 e. The number of hydrogen-bond donors (Lipinski definition) is 1. The van der Waals surface area contributed by atoms with Gasteiger partial charge in [-0.05, 0) is 31.2 Å². The Hall–Kier alpha value is 0.354. The van der Waals surface area contributed by atoms with Gasteiger partial charge in [0, 0.05) is 11.6 Å². The van der Waals surface area contributed by atoms with E-state index < -0.39 is 16.6 Å². The smallest absolute Gasteiger partial charge is 0.181 e. The molecule has 0 radical (unpaired) electrons. The summed E-state index contributed by atoms with van der Waals surface area (Å²) in [6.45, 7) is 20.2. The fourth-order valence-electron chi connectivity index (χ4n) is 1.12. The summed E-state index contributed by atoms with van der Waals surface area (Å²) >= 11 is 0. The van der Waals surface area contributed by atoms with Crippen molar-refractivity contribution in [2.24, 2.45) is 0 Å². The Balaban J connectivity index is 4.99. The Morgan fingerprint density at radius 1 is 0.875 bits per heavy atom. The van der Waals surface area contributed by atoms with Crippen molar-refractivity contribution in [3.05, 3.63) is 0 Å². The van der Waals surface area contributed by atoms with Gasteiger partial charge in [-0.15, -0.1) is 0 Å². The highest BCUT2D eigenvalue weighted by Crippen LogP contribution is 2.44. The summed E-state index contributed by atoms with van der Waals surface area (Å²) < 4.78 is 6.56. The minimum atomic E-state index is -1.86. The Labute approximate surface area is 104 Å². The fraction of sp³-hybridized carbons (Fsp3) is 1.00. The molecule has 0 amide bonds. The predicted molar refractivity (Wildman–Crippen MR) is 76.9 cm³/mol. The third kappa shape index (κ3) is 3.42. The van der Waals surface area contributed by atoms with Gasteiger partial charge in [0.1, 0.15) is 0 Å². The van der Waals surface area contributed by atoms with E-state index >= 15 is 0 Å². The zero-order valence-corrected chi connectivity index (χ0v) is 14.6. The molecule has 2 nitrogen and oxygen atoms in total. The molecule has 0 aliphatic heterocycles. The lowest BCUT2D eigenvalue weighted by Crippen LogP contribution is -2.55. The van der Waals surface area contributed by atoms with Crippen molar-refractivity contribution in [1.82, 2.24) is 0 Å². The SMILES string of the molecule is CC(C)(C)[Si](C)(C)O[Si](C)(C)C(C)(C)CO. The van der Waals surface area contributed by atoms with Crippen LogP contribution in [0.5, 0.6) is 0 Å². The van der Waals surface area contributed by atoms with Gasteiger partial charge in [-0.3, -0.25) is 0 Å². The van der Waals surface area contributed by atoms with Crippen LogP contribution in [0.15, 0.2) is 0 Å². The van der Waals surface area contributed by atoms with Gasteiger partial charge >= 0.3 is 0 Å². The predicted octanol–water partition coefficient (Wildman–Crippen LogP) is 3.99. The van der Waals surface area contributed by atoms with Crippen LogP contribution in [0, 0.1) is 0 Å². The third-order valence-electron chi connectivity index (χ3n) is 4.34. The minimum absolute atomic E-state index is 0.0808. The van der Waals surface area contributed by atoms with E-state index in [0.717, 1.165) is 0 Å². The van der Waals surface area contributed by atoms with Gasteiger partial charge in [-0.25, -0.2) is 0 Å². The van der Waals surface area contributed by atoms with Crippen molar-refractivity contribution in [2.75, 3.05) is 6.61 Å². The van der Waals surface area contributed by atoms with E-state index in [2.05, 4.69) is 60.8 Å². The Morgan fingerprint density at radius 3 is 1.50 bits per heavy atom. The molecule has 98 valence electrons. The van der Waals surface area contributed by atoms with Crippen LogP contribution >= 0.6 is 0 Å². The molecule has 0 aliphatic carbocycles. The molecule has 0 aromatic rings. The third-order valence-corrected chi connectivity index (χ3v) is 15.5. The first-order valence-electron chi connectivity index (χ1n) is 6.08. The molecule has 1 N–H and O–H groups in total. The van der Waals surface area contributed by atoms with Crippen LogP contribution in [0.4, 0.5) is 0 Å². The molecule has 0 aliphatic rings. The highest BCUT2D eigenvalue weighted by molar-refractivity contribution is 6.87. The highest BCUT2D eigenvalue weighted by atomic mass is 28.4. The number of aliphatic hydroxyl groups is 1. The first kappa shape index (κ1) is 16.4. The number of aliphatic hydroxyl groups excluding tert-OH is 1. The Bertz CT molecular complexity index is 240. The summed E-state index contributed by atoms with van der Waals surface area (Å²) in [6, 6.07) is 0. The van der Waals surface area contributed by atoms with Gasteiger partial charge in [-0.2, -0.15) is 0 Å². The summed E-state index contributed by atoms with van der Waals surface area (Å²) in [5.41, 5.74) is 0. The monoisotopic (exact) mass is 262 g/mol. The lowest BCUT2D eigenvalue weighted by molar-refractivity contribution is 0.239. The van der Waals surface area contributed by atoms with Crippen LogP contribution in [0.3, 0.4) is 0 Å². The molecule has 0 spiro atoms. The van der Waals surface area contributed by atoms with Crippen molar-refractivity contribution in [1.29, 1.82) is 0 Å².